The number of carbonyl (C=O) groups is 1. The maximum atomic E-state index is 12.1. The number of benzene rings is 1. The van der Waals surface area contributed by atoms with Crippen LogP contribution in [0, 0.1) is 11.3 Å². The van der Waals surface area contributed by atoms with Crippen LogP contribution in [-0.2, 0) is 9.53 Å². The van der Waals surface area contributed by atoms with Gasteiger partial charge in [-0.2, -0.15) is 5.26 Å². The minimum absolute atomic E-state index is 0.00358. The molecule has 2 rings (SSSR count). The Balaban J connectivity index is 2.06. The lowest BCUT2D eigenvalue weighted by Crippen LogP contribution is -2.32. The summed E-state index contributed by atoms with van der Waals surface area (Å²) in [5.74, 6) is -0.0994. The highest BCUT2D eigenvalue weighted by molar-refractivity contribution is 6.01. The van der Waals surface area contributed by atoms with Crippen LogP contribution in [-0.4, -0.2) is 36.9 Å². The molecule has 0 saturated carbocycles. The third-order valence-electron chi connectivity index (χ3n) is 3.47. The number of nitriles is 1. The van der Waals surface area contributed by atoms with Gasteiger partial charge < -0.3 is 19.9 Å². The summed E-state index contributed by atoms with van der Waals surface area (Å²) in [6, 6.07) is 6.57. The molecule has 6 heteroatoms. The number of phenols is 1. The van der Waals surface area contributed by atoms with Crippen LogP contribution in [0.2, 0.25) is 0 Å². The van der Waals surface area contributed by atoms with E-state index in [1.807, 2.05) is 6.07 Å². The molecule has 1 aromatic rings. The maximum absolute atomic E-state index is 12.1. The van der Waals surface area contributed by atoms with E-state index < -0.39 is 5.91 Å². The van der Waals surface area contributed by atoms with Crippen molar-refractivity contribution < 1.29 is 19.4 Å². The Morgan fingerprint density at radius 2 is 2.43 bits per heavy atom. The molecule has 1 amide bonds. The van der Waals surface area contributed by atoms with E-state index in [9.17, 15) is 15.2 Å². The predicted octanol–water partition coefficient (Wildman–Crippen LogP) is 1.99. The number of aromatic hydroxyl groups is 1. The highest BCUT2D eigenvalue weighted by atomic mass is 16.5. The second kappa shape index (κ2) is 8.20. The lowest BCUT2D eigenvalue weighted by atomic mass is 10.1. The summed E-state index contributed by atoms with van der Waals surface area (Å²) in [5.41, 5.74) is 0.603. The third-order valence-corrected chi connectivity index (χ3v) is 3.47. The van der Waals surface area contributed by atoms with Gasteiger partial charge in [0.25, 0.3) is 5.91 Å². The average Bonchev–Trinajstić information content (AvgIpc) is 3.07. The Morgan fingerprint density at radius 3 is 3.09 bits per heavy atom. The molecular weight excluding hydrogens is 296 g/mol. The molecule has 1 saturated heterocycles. The van der Waals surface area contributed by atoms with Crippen molar-refractivity contribution in [2.45, 2.75) is 25.9 Å². The van der Waals surface area contributed by atoms with E-state index in [0.717, 1.165) is 19.4 Å². The van der Waals surface area contributed by atoms with Crippen molar-refractivity contribution in [2.75, 3.05) is 19.8 Å². The molecule has 0 aromatic heterocycles. The Morgan fingerprint density at radius 1 is 1.61 bits per heavy atom. The number of carbonyl (C=O) groups excluding carboxylic acids is 1. The highest BCUT2D eigenvalue weighted by Gasteiger charge is 2.17. The zero-order valence-corrected chi connectivity index (χ0v) is 13.0. The van der Waals surface area contributed by atoms with Gasteiger partial charge in [0, 0.05) is 13.2 Å². The molecule has 1 aromatic carbocycles. The molecule has 1 aliphatic rings. The zero-order valence-electron chi connectivity index (χ0n) is 13.0. The maximum Gasteiger partial charge on any atom is 0.262 e. The molecule has 0 aliphatic carbocycles. The summed E-state index contributed by atoms with van der Waals surface area (Å²) >= 11 is 0. The SMILES string of the molecule is CCOc1cc(/C=C(\C#N)C(=O)NC[C@H]2CCCO2)ccc1O. The van der Waals surface area contributed by atoms with Crippen LogP contribution in [0.1, 0.15) is 25.3 Å². The molecule has 0 spiro atoms. The van der Waals surface area contributed by atoms with Crippen molar-refractivity contribution in [3.8, 4) is 17.6 Å². The van der Waals surface area contributed by atoms with Gasteiger partial charge in [0.2, 0.25) is 0 Å². The Labute approximate surface area is 135 Å². The van der Waals surface area contributed by atoms with E-state index in [1.54, 1.807) is 19.1 Å². The first kappa shape index (κ1) is 16.8. The lowest BCUT2D eigenvalue weighted by molar-refractivity contribution is -0.117. The standard InChI is InChI=1S/C17H20N2O4/c1-2-22-16-9-12(5-6-15(16)20)8-13(10-18)17(21)19-11-14-4-3-7-23-14/h5-6,8-9,14,20H,2-4,7,11H2,1H3,(H,19,21)/b13-8+/t14-/m1/s1. The number of ether oxygens (including phenoxy) is 2. The molecule has 0 unspecified atom stereocenters. The van der Waals surface area contributed by atoms with Crippen molar-refractivity contribution >= 4 is 12.0 Å². The quantitative estimate of drug-likeness (QED) is 0.618. The van der Waals surface area contributed by atoms with Crippen molar-refractivity contribution in [3.05, 3.63) is 29.3 Å². The van der Waals surface area contributed by atoms with Crippen molar-refractivity contribution in [3.63, 3.8) is 0 Å². The molecule has 0 radical (unpaired) electrons. The van der Waals surface area contributed by atoms with Crippen molar-refractivity contribution in [2.24, 2.45) is 0 Å². The first-order valence-corrected chi connectivity index (χ1v) is 7.61. The largest absolute Gasteiger partial charge is 0.504 e. The minimum atomic E-state index is -0.436. The van der Waals surface area contributed by atoms with Gasteiger partial charge in [0.05, 0.1) is 12.7 Å². The molecule has 122 valence electrons. The van der Waals surface area contributed by atoms with Crippen LogP contribution in [0.25, 0.3) is 6.08 Å². The van der Waals surface area contributed by atoms with Crippen LogP contribution < -0.4 is 10.1 Å². The van der Waals surface area contributed by atoms with E-state index in [2.05, 4.69) is 5.32 Å². The molecule has 1 heterocycles. The normalized spacial score (nSPS) is 17.6. The van der Waals surface area contributed by atoms with Crippen LogP contribution in [0.3, 0.4) is 0 Å². The lowest BCUT2D eigenvalue weighted by Gasteiger charge is -2.10. The van der Waals surface area contributed by atoms with Gasteiger partial charge in [-0.15, -0.1) is 0 Å². The minimum Gasteiger partial charge on any atom is -0.504 e. The van der Waals surface area contributed by atoms with Gasteiger partial charge in [-0.3, -0.25) is 4.79 Å². The monoisotopic (exact) mass is 316 g/mol. The van der Waals surface area contributed by atoms with Gasteiger partial charge in [-0.25, -0.2) is 0 Å². The summed E-state index contributed by atoms with van der Waals surface area (Å²) in [6.45, 7) is 3.34. The fourth-order valence-electron chi connectivity index (χ4n) is 2.31. The predicted molar refractivity (Wildman–Crippen MR) is 84.8 cm³/mol. The van der Waals surface area contributed by atoms with Gasteiger partial charge in [-0.1, -0.05) is 6.07 Å². The van der Waals surface area contributed by atoms with Crippen LogP contribution in [0.5, 0.6) is 11.5 Å². The Hall–Kier alpha value is -2.52. The van der Waals surface area contributed by atoms with Crippen molar-refractivity contribution in [1.29, 1.82) is 5.26 Å². The van der Waals surface area contributed by atoms with Gasteiger partial charge in [0.15, 0.2) is 11.5 Å². The average molecular weight is 316 g/mol. The Kier molecular flexibility index (Phi) is 6.01. The number of hydrogen-bond acceptors (Lipinski definition) is 5. The summed E-state index contributed by atoms with van der Waals surface area (Å²) in [5, 5.41) is 21.6. The molecule has 23 heavy (non-hydrogen) atoms. The van der Waals surface area contributed by atoms with Crippen LogP contribution >= 0.6 is 0 Å². The summed E-state index contributed by atoms with van der Waals surface area (Å²) in [4.78, 5) is 12.1. The number of hydrogen-bond donors (Lipinski definition) is 2. The van der Waals surface area contributed by atoms with Gasteiger partial charge in [-0.05, 0) is 43.5 Å². The zero-order chi connectivity index (χ0) is 16.7. The number of nitrogens with zero attached hydrogens (tertiary/aromatic N) is 1. The molecule has 1 fully saturated rings. The highest BCUT2D eigenvalue weighted by Crippen LogP contribution is 2.27. The third kappa shape index (κ3) is 4.73. The molecular formula is C17H20N2O4. The topological polar surface area (TPSA) is 91.6 Å². The second-order valence-electron chi connectivity index (χ2n) is 5.18. The van der Waals surface area contributed by atoms with Crippen LogP contribution in [0.4, 0.5) is 0 Å². The number of rotatable bonds is 6. The first-order chi connectivity index (χ1) is 11.1. The molecule has 0 bridgehead atoms. The first-order valence-electron chi connectivity index (χ1n) is 7.61. The summed E-state index contributed by atoms with van der Waals surface area (Å²) < 4.78 is 10.7. The Bertz CT molecular complexity index is 628. The summed E-state index contributed by atoms with van der Waals surface area (Å²) in [7, 11) is 0. The molecule has 1 aliphatic heterocycles. The smallest absolute Gasteiger partial charge is 0.262 e. The number of phenolic OH excluding ortho intramolecular Hbond substituents is 1. The van der Waals surface area contributed by atoms with E-state index >= 15 is 0 Å². The molecule has 2 N–H and O–H groups in total. The van der Waals surface area contributed by atoms with Crippen molar-refractivity contribution in [1.82, 2.24) is 5.32 Å². The van der Waals surface area contributed by atoms with E-state index in [0.29, 0.717) is 24.5 Å². The molecule has 6 nitrogen and oxygen atoms in total. The van der Waals surface area contributed by atoms with Crippen LogP contribution in [0.15, 0.2) is 23.8 Å². The molecule has 1 atom stereocenters. The fraction of sp³-hybridized carbons (Fsp3) is 0.412. The number of amides is 1. The second-order valence-corrected chi connectivity index (χ2v) is 5.18. The fourth-order valence-corrected chi connectivity index (χ4v) is 2.31. The van der Waals surface area contributed by atoms with E-state index in [1.165, 1.54) is 12.1 Å². The van der Waals surface area contributed by atoms with Gasteiger partial charge in [0.1, 0.15) is 11.6 Å². The van der Waals surface area contributed by atoms with Gasteiger partial charge >= 0.3 is 0 Å². The van der Waals surface area contributed by atoms with E-state index in [-0.39, 0.29) is 17.4 Å². The van der Waals surface area contributed by atoms with E-state index in [4.69, 9.17) is 9.47 Å². The summed E-state index contributed by atoms with van der Waals surface area (Å²) in [6.07, 6.45) is 3.40. The number of nitrogens with one attached hydrogen (secondary N) is 1.